The molecule has 1 aromatic heterocycles. The summed E-state index contributed by atoms with van der Waals surface area (Å²) >= 11 is 0. The lowest BCUT2D eigenvalue weighted by atomic mass is 10.1. The fourth-order valence-corrected chi connectivity index (χ4v) is 4.23. The van der Waals surface area contributed by atoms with Crippen LogP contribution in [0, 0.1) is 11.3 Å². The molecule has 0 bridgehead atoms. The van der Waals surface area contributed by atoms with Crippen molar-refractivity contribution >= 4 is 23.4 Å². The van der Waals surface area contributed by atoms with Crippen molar-refractivity contribution < 1.29 is 9.90 Å². The van der Waals surface area contributed by atoms with Crippen molar-refractivity contribution in [1.29, 1.82) is 5.26 Å². The van der Waals surface area contributed by atoms with Crippen LogP contribution >= 0.6 is 0 Å². The normalized spacial score (nSPS) is 15.1. The van der Waals surface area contributed by atoms with E-state index in [1.807, 2.05) is 36.4 Å². The van der Waals surface area contributed by atoms with Crippen LogP contribution in [0.15, 0.2) is 54.6 Å². The van der Waals surface area contributed by atoms with Gasteiger partial charge in [-0.05, 0) is 42.2 Å². The number of rotatable bonds is 10. The molecule has 2 aromatic carbocycles. The number of benzene rings is 2. The van der Waals surface area contributed by atoms with E-state index in [0.29, 0.717) is 17.6 Å². The summed E-state index contributed by atoms with van der Waals surface area (Å²) in [6.07, 6.45) is 2.92. The topological polar surface area (TPSA) is 114 Å². The lowest BCUT2D eigenvalue weighted by Crippen LogP contribution is -2.32. The number of anilines is 3. The van der Waals surface area contributed by atoms with Crippen LogP contribution in [0.25, 0.3) is 0 Å². The zero-order valence-electron chi connectivity index (χ0n) is 19.9. The van der Waals surface area contributed by atoms with Crippen molar-refractivity contribution in [1.82, 2.24) is 15.3 Å². The first-order chi connectivity index (χ1) is 17.0. The van der Waals surface area contributed by atoms with E-state index in [4.69, 9.17) is 10.1 Å². The summed E-state index contributed by atoms with van der Waals surface area (Å²) < 4.78 is 0. The molecule has 1 atom stereocenters. The minimum atomic E-state index is -0.817. The molecule has 0 aliphatic carbocycles. The Balaban J connectivity index is 1.40. The summed E-state index contributed by atoms with van der Waals surface area (Å²) in [6, 6.07) is 19.6. The molecule has 1 saturated heterocycles. The van der Waals surface area contributed by atoms with Crippen molar-refractivity contribution in [2.75, 3.05) is 23.3 Å². The molecule has 2 heterocycles. The third-order valence-corrected chi connectivity index (χ3v) is 6.01. The molecule has 0 spiro atoms. The number of aryl methyl sites for hydroxylation is 1. The lowest BCUT2D eigenvalue weighted by molar-refractivity contribution is -0.136. The number of aliphatic carboxylic acids is 1. The first-order valence-electron chi connectivity index (χ1n) is 12.0. The molecule has 1 fully saturated rings. The average Bonchev–Trinajstić information content (AvgIpc) is 3.33. The second kappa shape index (κ2) is 11.4. The van der Waals surface area contributed by atoms with Crippen LogP contribution in [0.4, 0.5) is 17.5 Å². The van der Waals surface area contributed by atoms with E-state index in [2.05, 4.69) is 39.6 Å². The highest BCUT2D eigenvalue weighted by Gasteiger charge is 2.24. The van der Waals surface area contributed by atoms with Crippen LogP contribution in [-0.2, 0) is 24.2 Å². The van der Waals surface area contributed by atoms with E-state index < -0.39 is 5.97 Å². The molecule has 1 aliphatic rings. The van der Waals surface area contributed by atoms with E-state index in [1.54, 1.807) is 12.1 Å². The van der Waals surface area contributed by atoms with Crippen molar-refractivity contribution in [3.05, 3.63) is 77.0 Å². The molecule has 0 radical (unpaired) electrons. The molecular weight excluding hydrogens is 440 g/mol. The Morgan fingerprint density at radius 3 is 2.71 bits per heavy atom. The van der Waals surface area contributed by atoms with Gasteiger partial charge in [0.2, 0.25) is 5.95 Å². The number of carboxylic acid groups (broad SMARTS) is 1. The monoisotopic (exact) mass is 470 g/mol. The van der Waals surface area contributed by atoms with Crippen molar-refractivity contribution in [2.45, 2.75) is 45.2 Å². The number of nitrogens with zero attached hydrogens (tertiary/aromatic N) is 4. The first kappa shape index (κ1) is 24.2. The molecule has 3 aromatic rings. The third-order valence-electron chi connectivity index (χ3n) is 6.01. The number of aromatic nitrogens is 2. The Kier molecular flexibility index (Phi) is 7.91. The van der Waals surface area contributed by atoms with E-state index >= 15 is 0 Å². The highest BCUT2D eigenvalue weighted by Crippen LogP contribution is 2.23. The molecule has 8 heteroatoms. The maximum Gasteiger partial charge on any atom is 0.307 e. The van der Waals surface area contributed by atoms with Gasteiger partial charge in [0.15, 0.2) is 0 Å². The van der Waals surface area contributed by atoms with Gasteiger partial charge in [0.25, 0.3) is 0 Å². The highest BCUT2D eigenvalue weighted by atomic mass is 16.4. The Morgan fingerprint density at radius 2 is 1.97 bits per heavy atom. The van der Waals surface area contributed by atoms with Gasteiger partial charge >= 0.3 is 5.97 Å². The van der Waals surface area contributed by atoms with Gasteiger partial charge < -0.3 is 20.6 Å². The number of nitrogens with one attached hydrogen (secondary N) is 2. The predicted octanol–water partition coefficient (Wildman–Crippen LogP) is 4.04. The zero-order chi connectivity index (χ0) is 24.6. The lowest BCUT2D eigenvalue weighted by Gasteiger charge is -2.20. The van der Waals surface area contributed by atoms with Gasteiger partial charge in [0, 0.05) is 43.1 Å². The van der Waals surface area contributed by atoms with E-state index in [0.717, 1.165) is 67.2 Å². The standard InChI is InChI=1S/C27H30N6O2/c1-2-4-22-15-25(32-27(30-22)31-23-6-3-5-21(13-23)16-28)33-12-11-24(18-33)29-17-20-9-7-19(8-10-20)14-26(34)35/h3,5-10,13,15,24,29H,2,4,11-12,14,17-18H2,1H3,(H,34,35)(H,30,31,32). The summed E-state index contributed by atoms with van der Waals surface area (Å²) in [5.41, 5.74) is 4.32. The maximum absolute atomic E-state index is 10.9. The average molecular weight is 471 g/mol. The first-order valence-corrected chi connectivity index (χ1v) is 12.0. The summed E-state index contributed by atoms with van der Waals surface area (Å²) in [6.45, 7) is 4.62. The summed E-state index contributed by atoms with van der Waals surface area (Å²) in [5, 5.41) is 25.0. The van der Waals surface area contributed by atoms with Gasteiger partial charge in [-0.15, -0.1) is 0 Å². The SMILES string of the molecule is CCCc1cc(N2CCC(NCc3ccc(CC(=O)O)cc3)C2)nc(Nc2cccc(C#N)c2)n1. The van der Waals surface area contributed by atoms with Crippen LogP contribution in [0.2, 0.25) is 0 Å². The van der Waals surface area contributed by atoms with Crippen LogP contribution in [0.3, 0.4) is 0 Å². The van der Waals surface area contributed by atoms with Crippen LogP contribution < -0.4 is 15.5 Å². The molecule has 8 nitrogen and oxygen atoms in total. The van der Waals surface area contributed by atoms with Crippen molar-refractivity contribution in [3.8, 4) is 6.07 Å². The largest absolute Gasteiger partial charge is 0.481 e. The third kappa shape index (κ3) is 6.78. The molecule has 1 unspecified atom stereocenters. The minimum absolute atomic E-state index is 0.0465. The second-order valence-corrected chi connectivity index (χ2v) is 8.81. The number of carbonyl (C=O) groups is 1. The summed E-state index contributed by atoms with van der Waals surface area (Å²) in [7, 11) is 0. The number of hydrogen-bond donors (Lipinski definition) is 3. The van der Waals surface area contributed by atoms with Crippen LogP contribution in [0.5, 0.6) is 0 Å². The molecule has 1 aliphatic heterocycles. The number of nitriles is 1. The van der Waals surface area contributed by atoms with Crippen LogP contribution in [-0.4, -0.2) is 40.2 Å². The Bertz CT molecular complexity index is 1210. The fourth-order valence-electron chi connectivity index (χ4n) is 4.23. The predicted molar refractivity (Wildman–Crippen MR) is 136 cm³/mol. The number of carboxylic acids is 1. The summed E-state index contributed by atoms with van der Waals surface area (Å²) in [4.78, 5) is 22.6. The van der Waals surface area contributed by atoms with E-state index in [9.17, 15) is 10.1 Å². The zero-order valence-corrected chi connectivity index (χ0v) is 19.9. The molecule has 180 valence electrons. The second-order valence-electron chi connectivity index (χ2n) is 8.81. The molecule has 3 N–H and O–H groups in total. The fraction of sp³-hybridized carbons (Fsp3) is 0.333. The van der Waals surface area contributed by atoms with Gasteiger partial charge in [-0.1, -0.05) is 43.7 Å². The van der Waals surface area contributed by atoms with Gasteiger partial charge in [-0.25, -0.2) is 4.98 Å². The Morgan fingerprint density at radius 1 is 1.17 bits per heavy atom. The van der Waals surface area contributed by atoms with Gasteiger partial charge in [0.1, 0.15) is 5.82 Å². The quantitative estimate of drug-likeness (QED) is 0.407. The van der Waals surface area contributed by atoms with E-state index in [-0.39, 0.29) is 6.42 Å². The maximum atomic E-state index is 10.9. The molecule has 35 heavy (non-hydrogen) atoms. The number of hydrogen-bond acceptors (Lipinski definition) is 7. The Labute approximate surface area is 205 Å². The van der Waals surface area contributed by atoms with Gasteiger partial charge in [-0.3, -0.25) is 4.79 Å². The van der Waals surface area contributed by atoms with Gasteiger partial charge in [0.05, 0.1) is 18.1 Å². The molecule has 0 saturated carbocycles. The Hall–Kier alpha value is -3.96. The highest BCUT2D eigenvalue weighted by molar-refractivity contribution is 5.70. The molecule has 4 rings (SSSR count). The van der Waals surface area contributed by atoms with Crippen LogP contribution in [0.1, 0.15) is 42.1 Å². The molecular formula is C27H30N6O2. The minimum Gasteiger partial charge on any atom is -0.481 e. The van der Waals surface area contributed by atoms with Crippen molar-refractivity contribution in [3.63, 3.8) is 0 Å². The summed E-state index contributed by atoms with van der Waals surface area (Å²) in [5.74, 6) is 0.631. The van der Waals surface area contributed by atoms with Gasteiger partial charge in [-0.2, -0.15) is 10.2 Å². The van der Waals surface area contributed by atoms with Crippen molar-refractivity contribution in [2.24, 2.45) is 0 Å². The molecule has 0 amide bonds. The van der Waals surface area contributed by atoms with E-state index in [1.165, 1.54) is 0 Å². The smallest absolute Gasteiger partial charge is 0.307 e.